The lowest BCUT2D eigenvalue weighted by molar-refractivity contribution is 0.0696. The van der Waals surface area contributed by atoms with Gasteiger partial charge in [0, 0.05) is 6.54 Å². The molecule has 0 radical (unpaired) electrons. The van der Waals surface area contributed by atoms with Crippen LogP contribution in [0.5, 0.6) is 5.75 Å². The zero-order valence-electron chi connectivity index (χ0n) is 16.5. The molecule has 0 aliphatic rings. The summed E-state index contributed by atoms with van der Waals surface area (Å²) in [5.41, 5.74) is 0.828. The molecule has 0 aliphatic carbocycles. The van der Waals surface area contributed by atoms with Crippen molar-refractivity contribution in [2.24, 2.45) is 0 Å². The molecule has 156 valence electrons. The van der Waals surface area contributed by atoms with Crippen molar-refractivity contribution in [2.45, 2.75) is 24.5 Å². The van der Waals surface area contributed by atoms with E-state index < -0.39 is 21.6 Å². The summed E-state index contributed by atoms with van der Waals surface area (Å²) in [4.78, 5) is 25.0. The van der Waals surface area contributed by atoms with Crippen LogP contribution in [0, 0.1) is 6.92 Å². The number of benzene rings is 2. The first-order valence-electron chi connectivity index (χ1n) is 9.28. The van der Waals surface area contributed by atoms with Crippen LogP contribution in [0.2, 0.25) is 0 Å². The Hall–Kier alpha value is -3.39. The zero-order valence-corrected chi connectivity index (χ0v) is 17.4. The number of furan rings is 1. The third kappa shape index (κ3) is 4.77. The van der Waals surface area contributed by atoms with Gasteiger partial charge in [0.2, 0.25) is 5.76 Å². The van der Waals surface area contributed by atoms with Gasteiger partial charge in [0.05, 0.1) is 10.5 Å². The van der Waals surface area contributed by atoms with Crippen LogP contribution >= 0.6 is 0 Å². The highest BCUT2D eigenvalue weighted by Gasteiger charge is 2.22. The van der Waals surface area contributed by atoms with Crippen molar-refractivity contribution in [3.63, 3.8) is 0 Å². The van der Waals surface area contributed by atoms with Gasteiger partial charge in [-0.15, -0.1) is 0 Å². The number of aryl methyl sites for hydroxylation is 1. The maximum atomic E-state index is 12.6. The van der Waals surface area contributed by atoms with Crippen LogP contribution in [0.15, 0.2) is 70.0 Å². The Labute approximate surface area is 174 Å². The van der Waals surface area contributed by atoms with Gasteiger partial charge in [-0.3, -0.25) is 4.79 Å². The third-order valence-electron chi connectivity index (χ3n) is 4.29. The van der Waals surface area contributed by atoms with Gasteiger partial charge in [-0.05, 0) is 49.7 Å². The van der Waals surface area contributed by atoms with Crippen molar-refractivity contribution in [1.29, 1.82) is 0 Å². The van der Waals surface area contributed by atoms with Gasteiger partial charge in [0.15, 0.2) is 9.84 Å². The SMILES string of the molecule is CCNC(=O)c1cccc(C)c1OC(=O)c1ccc(CS(=O)(=O)c2ccccc2)o1. The van der Waals surface area contributed by atoms with Crippen molar-refractivity contribution >= 4 is 21.7 Å². The van der Waals surface area contributed by atoms with E-state index >= 15 is 0 Å². The van der Waals surface area contributed by atoms with E-state index in [0.29, 0.717) is 12.1 Å². The zero-order chi connectivity index (χ0) is 21.7. The number of esters is 1. The minimum Gasteiger partial charge on any atom is -0.453 e. The number of rotatable bonds is 7. The molecule has 7 nitrogen and oxygen atoms in total. The Morgan fingerprint density at radius 2 is 1.73 bits per heavy atom. The highest BCUT2D eigenvalue weighted by Crippen LogP contribution is 2.25. The van der Waals surface area contributed by atoms with Crippen molar-refractivity contribution in [1.82, 2.24) is 5.32 Å². The van der Waals surface area contributed by atoms with E-state index in [2.05, 4.69) is 5.32 Å². The molecule has 0 bridgehead atoms. The Morgan fingerprint density at radius 1 is 1.00 bits per heavy atom. The maximum absolute atomic E-state index is 12.6. The molecular weight excluding hydrogens is 406 g/mol. The Bertz CT molecular complexity index is 1170. The van der Waals surface area contributed by atoms with Crippen molar-refractivity contribution in [2.75, 3.05) is 6.54 Å². The van der Waals surface area contributed by atoms with E-state index in [1.807, 2.05) is 0 Å². The fourth-order valence-corrected chi connectivity index (χ4v) is 4.10. The van der Waals surface area contributed by atoms with Crippen molar-refractivity contribution in [3.8, 4) is 5.75 Å². The molecule has 0 saturated carbocycles. The Morgan fingerprint density at radius 3 is 2.43 bits per heavy atom. The summed E-state index contributed by atoms with van der Waals surface area (Å²) in [5, 5.41) is 2.67. The molecule has 3 rings (SSSR count). The molecular formula is C22H21NO6S. The second kappa shape index (κ2) is 8.96. The van der Waals surface area contributed by atoms with Gasteiger partial charge < -0.3 is 14.5 Å². The largest absolute Gasteiger partial charge is 0.453 e. The van der Waals surface area contributed by atoms with E-state index in [9.17, 15) is 18.0 Å². The summed E-state index contributed by atoms with van der Waals surface area (Å²) in [7, 11) is -3.61. The Kier molecular flexibility index (Phi) is 6.37. The molecule has 0 aliphatic heterocycles. The number of carbonyl (C=O) groups is 2. The van der Waals surface area contributed by atoms with E-state index in [0.717, 1.165) is 0 Å². The predicted molar refractivity (Wildman–Crippen MR) is 110 cm³/mol. The fourth-order valence-electron chi connectivity index (χ4n) is 2.83. The number of para-hydroxylation sites is 1. The highest BCUT2D eigenvalue weighted by molar-refractivity contribution is 7.90. The average Bonchev–Trinajstić information content (AvgIpc) is 3.18. The molecule has 1 amide bonds. The number of carbonyl (C=O) groups excluding carboxylic acids is 2. The van der Waals surface area contributed by atoms with Crippen LogP contribution < -0.4 is 10.1 Å². The van der Waals surface area contributed by atoms with Crippen LogP contribution in [0.4, 0.5) is 0 Å². The Balaban J connectivity index is 1.79. The van der Waals surface area contributed by atoms with Crippen LogP contribution in [-0.4, -0.2) is 26.8 Å². The van der Waals surface area contributed by atoms with Crippen molar-refractivity contribution < 1.29 is 27.2 Å². The first-order chi connectivity index (χ1) is 14.3. The summed E-state index contributed by atoms with van der Waals surface area (Å²) >= 11 is 0. The van der Waals surface area contributed by atoms with Crippen molar-refractivity contribution in [3.05, 3.63) is 83.3 Å². The summed E-state index contributed by atoms with van der Waals surface area (Å²) in [6, 6.07) is 15.7. The summed E-state index contributed by atoms with van der Waals surface area (Å²) in [6.07, 6.45) is 0. The van der Waals surface area contributed by atoms with E-state index in [1.165, 1.54) is 24.3 Å². The number of hydrogen-bond donors (Lipinski definition) is 1. The van der Waals surface area contributed by atoms with Crippen LogP contribution in [-0.2, 0) is 15.6 Å². The maximum Gasteiger partial charge on any atom is 0.379 e. The molecule has 2 aromatic carbocycles. The van der Waals surface area contributed by atoms with Crippen LogP contribution in [0.1, 0.15) is 39.2 Å². The quantitative estimate of drug-likeness (QED) is 0.457. The van der Waals surface area contributed by atoms with Gasteiger partial charge >= 0.3 is 5.97 Å². The molecule has 1 heterocycles. The lowest BCUT2D eigenvalue weighted by atomic mass is 10.1. The number of nitrogens with one attached hydrogen (secondary N) is 1. The van der Waals surface area contributed by atoms with Gasteiger partial charge in [0.1, 0.15) is 17.3 Å². The average molecular weight is 427 g/mol. The second-order valence-corrected chi connectivity index (χ2v) is 8.53. The van der Waals surface area contributed by atoms with E-state index in [4.69, 9.17) is 9.15 Å². The molecule has 30 heavy (non-hydrogen) atoms. The second-order valence-electron chi connectivity index (χ2n) is 6.54. The molecule has 0 spiro atoms. The number of sulfone groups is 1. The number of hydrogen-bond acceptors (Lipinski definition) is 6. The fraction of sp³-hybridized carbons (Fsp3) is 0.182. The van der Waals surface area contributed by atoms with E-state index in [1.54, 1.807) is 50.2 Å². The minimum atomic E-state index is -3.61. The molecule has 8 heteroatoms. The summed E-state index contributed by atoms with van der Waals surface area (Å²) in [6.45, 7) is 3.93. The molecule has 0 unspecified atom stereocenters. The molecule has 0 atom stereocenters. The molecule has 1 aromatic heterocycles. The van der Waals surface area contributed by atoms with Crippen LogP contribution in [0.3, 0.4) is 0 Å². The monoisotopic (exact) mass is 427 g/mol. The summed E-state index contributed by atoms with van der Waals surface area (Å²) in [5.74, 6) is -1.49. The van der Waals surface area contributed by atoms with Gasteiger partial charge in [0.25, 0.3) is 5.91 Å². The lowest BCUT2D eigenvalue weighted by Crippen LogP contribution is -2.24. The van der Waals surface area contributed by atoms with Crippen LogP contribution in [0.25, 0.3) is 0 Å². The minimum absolute atomic E-state index is 0.111. The first-order valence-corrected chi connectivity index (χ1v) is 10.9. The smallest absolute Gasteiger partial charge is 0.379 e. The molecule has 0 fully saturated rings. The summed E-state index contributed by atoms with van der Waals surface area (Å²) < 4.78 is 35.8. The topological polar surface area (TPSA) is 103 Å². The third-order valence-corrected chi connectivity index (χ3v) is 5.94. The molecule has 1 N–H and O–H groups in total. The number of ether oxygens (including phenoxy) is 1. The standard InChI is InChI=1S/C22H21NO6S/c1-3-23-21(24)18-11-7-8-15(2)20(18)29-22(25)19-13-12-16(28-19)14-30(26,27)17-9-5-4-6-10-17/h4-13H,3,14H2,1-2H3,(H,23,24). The van der Waals surface area contributed by atoms with Gasteiger partial charge in [-0.1, -0.05) is 30.3 Å². The molecule has 0 saturated heterocycles. The predicted octanol–water partition coefficient (Wildman–Crippen LogP) is 3.53. The lowest BCUT2D eigenvalue weighted by Gasteiger charge is -2.11. The van der Waals surface area contributed by atoms with Gasteiger partial charge in [-0.25, -0.2) is 13.2 Å². The molecule has 3 aromatic rings. The normalized spacial score (nSPS) is 11.1. The number of amides is 1. The first kappa shape index (κ1) is 21.3. The van der Waals surface area contributed by atoms with E-state index in [-0.39, 0.29) is 33.6 Å². The van der Waals surface area contributed by atoms with Gasteiger partial charge in [-0.2, -0.15) is 0 Å². The highest BCUT2D eigenvalue weighted by atomic mass is 32.2.